The van der Waals surface area contributed by atoms with E-state index in [9.17, 15) is 0 Å². The zero-order valence-corrected chi connectivity index (χ0v) is 2.79. The Bertz CT molecular complexity index is 35.8. The summed E-state index contributed by atoms with van der Waals surface area (Å²) in [6.45, 7) is 5.94. The molecule has 0 N–H and O–H groups in total. The second-order valence-electron chi connectivity index (χ2n) is 0.278. The molecule has 0 aromatic rings. The molecule has 0 bridgehead atoms. The van der Waals surface area contributed by atoms with Crippen LogP contribution in [-0.2, 0) is 0 Å². The molecule has 0 unspecified atom stereocenters. The summed E-state index contributed by atoms with van der Waals surface area (Å²) in [5, 5.41) is 0. The van der Waals surface area contributed by atoms with Crippen molar-refractivity contribution in [2.45, 2.75) is 0 Å². The summed E-state index contributed by atoms with van der Waals surface area (Å²) in [6, 6.07) is 0.0833. The van der Waals surface area contributed by atoms with E-state index < -0.39 is 0 Å². The maximum absolute atomic E-state index is 5.94. The molecule has 0 aromatic carbocycles. The summed E-state index contributed by atoms with van der Waals surface area (Å²) >= 11 is 4.83. The lowest BCUT2D eigenvalue weighted by Gasteiger charge is -1.49. The first kappa shape index (κ1) is 3.78. The van der Waals surface area contributed by atoms with Crippen molar-refractivity contribution in [3.63, 3.8) is 0 Å². The van der Waals surface area contributed by atoms with Crippen LogP contribution in [0.2, 0.25) is 0 Å². The van der Waals surface area contributed by atoms with Gasteiger partial charge in [0.15, 0.2) is 0 Å². The molecule has 0 aromatic heterocycles. The highest BCUT2D eigenvalue weighted by Gasteiger charge is 1.53. The molecule has 0 radical (unpaired) electrons. The number of hydrogen-bond acceptors (Lipinski definition) is 0. The van der Waals surface area contributed by atoms with Crippen LogP contribution < -0.4 is 0 Å². The summed E-state index contributed by atoms with van der Waals surface area (Å²) in [7, 11) is 0. The van der Waals surface area contributed by atoms with Crippen molar-refractivity contribution in [2.24, 2.45) is 0 Å². The van der Waals surface area contributed by atoms with Gasteiger partial charge >= 0.3 is 0 Å². The van der Waals surface area contributed by atoms with Crippen molar-refractivity contribution in [1.82, 2.24) is 0 Å². The summed E-state index contributed by atoms with van der Waals surface area (Å²) in [4.78, 5) is 2.75. The van der Waals surface area contributed by atoms with E-state index >= 15 is 0 Å². The highest BCUT2D eigenvalue weighted by molar-refractivity contribution is 6.18. The Kier molecular flexibility index (Phi) is 2.63. The number of alkyl halides is 1. The molecule has 0 saturated heterocycles. The van der Waals surface area contributed by atoms with Gasteiger partial charge in [-0.15, -0.1) is 0 Å². The zero-order valence-electron chi connectivity index (χ0n) is 2.03. The molecule has 0 heterocycles. The molecule has 2 heteroatoms. The van der Waals surface area contributed by atoms with Gasteiger partial charge in [0, 0.05) is 0 Å². The van der Waals surface area contributed by atoms with E-state index in [1.165, 1.54) is 0 Å². The Morgan fingerprint density at radius 1 is 2.00 bits per heavy atom. The molecule has 0 rings (SSSR count). The predicted octanol–water partition coefficient (Wildman–Crippen LogP) is 1.10. The van der Waals surface area contributed by atoms with Crippen molar-refractivity contribution in [3.8, 4) is 0 Å². The fourth-order valence-electron chi connectivity index (χ4n) is 0. The van der Waals surface area contributed by atoms with E-state index in [0.717, 1.165) is 0 Å². The lowest BCUT2D eigenvalue weighted by molar-refractivity contribution is 1.77. The monoisotopic (exact) mass is 75.0 g/mol. The average molecular weight is 75.5 g/mol. The van der Waals surface area contributed by atoms with Gasteiger partial charge in [-0.25, -0.2) is 6.57 Å². The van der Waals surface area contributed by atoms with E-state index in [2.05, 4.69) is 4.85 Å². The molecule has 0 amide bonds. The third-order valence-electron chi connectivity index (χ3n) is 0.0598. The second-order valence-corrected chi connectivity index (χ2v) is 0.517. The average Bonchev–Trinajstić information content (AvgIpc) is 1.37. The quantitative estimate of drug-likeness (QED) is 0.231. The van der Waals surface area contributed by atoms with Gasteiger partial charge in [0.2, 0.25) is 0 Å². The van der Waals surface area contributed by atoms with Crippen LogP contribution in [0.25, 0.3) is 4.85 Å². The molecule has 0 spiro atoms. The van der Waals surface area contributed by atoms with Crippen LogP contribution in [0, 0.1) is 6.57 Å². The maximum atomic E-state index is 5.94. The minimum atomic E-state index is 0.0833. The van der Waals surface area contributed by atoms with Crippen LogP contribution in [-0.4, -0.2) is 6.00 Å². The number of hydrogen-bond donors (Lipinski definition) is 0. The van der Waals surface area contributed by atoms with Crippen molar-refractivity contribution in [2.75, 3.05) is 6.00 Å². The van der Waals surface area contributed by atoms with Crippen molar-refractivity contribution in [3.05, 3.63) is 11.4 Å². The number of nitrogens with zero attached hydrogens (tertiary/aromatic N) is 1. The standard InChI is InChI=1S/C2H2ClN/c1-4-2-3/h2H2. The van der Waals surface area contributed by atoms with Gasteiger partial charge < -0.3 is 0 Å². The van der Waals surface area contributed by atoms with Crippen LogP contribution in [0.4, 0.5) is 0 Å². The normalized spacial score (nSPS) is 5.00. The summed E-state index contributed by atoms with van der Waals surface area (Å²) in [6.07, 6.45) is 0. The first-order chi connectivity index (χ1) is 1.91. The van der Waals surface area contributed by atoms with E-state index in [0.29, 0.717) is 0 Å². The molecule has 0 saturated carbocycles. The lowest BCUT2D eigenvalue weighted by atomic mass is 11.5. The fraction of sp³-hybridized carbons (Fsp3) is 0.500. The summed E-state index contributed by atoms with van der Waals surface area (Å²) in [5.74, 6) is 0. The summed E-state index contributed by atoms with van der Waals surface area (Å²) < 4.78 is 0. The smallest absolute Gasteiger partial charge is 0.288 e. The second kappa shape index (κ2) is 2.78. The highest BCUT2D eigenvalue weighted by atomic mass is 35.5. The Labute approximate surface area is 30.0 Å². The maximum Gasteiger partial charge on any atom is 0.288 e. The van der Waals surface area contributed by atoms with Crippen molar-refractivity contribution < 1.29 is 0 Å². The largest absolute Gasteiger partial charge is 0.299 e. The SMILES string of the molecule is [C-]#[N+]CCl. The van der Waals surface area contributed by atoms with Crippen molar-refractivity contribution >= 4 is 11.6 Å². The Hall–Kier alpha value is -0.220. The van der Waals surface area contributed by atoms with Crippen LogP contribution in [0.15, 0.2) is 0 Å². The molecular formula is C2H2ClN. The van der Waals surface area contributed by atoms with E-state index in [-0.39, 0.29) is 6.00 Å². The summed E-state index contributed by atoms with van der Waals surface area (Å²) in [5.41, 5.74) is 0. The van der Waals surface area contributed by atoms with Crippen LogP contribution in [0.5, 0.6) is 0 Å². The molecule has 0 aliphatic rings. The van der Waals surface area contributed by atoms with Gasteiger partial charge in [-0.3, -0.25) is 4.85 Å². The first-order valence-corrected chi connectivity index (χ1v) is 1.34. The number of rotatable bonds is 0. The zero-order chi connectivity index (χ0) is 3.41. The van der Waals surface area contributed by atoms with Gasteiger partial charge in [-0.1, -0.05) is 0 Å². The fourth-order valence-corrected chi connectivity index (χ4v) is 0. The molecule has 4 heavy (non-hydrogen) atoms. The molecule has 1 nitrogen and oxygen atoms in total. The van der Waals surface area contributed by atoms with Gasteiger partial charge in [-0.2, -0.15) is 0 Å². The third-order valence-corrected chi connectivity index (χ3v) is 0.179. The van der Waals surface area contributed by atoms with Crippen LogP contribution in [0.3, 0.4) is 0 Å². The molecule has 0 aliphatic carbocycles. The highest BCUT2D eigenvalue weighted by Crippen LogP contribution is 1.67. The first-order valence-electron chi connectivity index (χ1n) is 0.807. The Morgan fingerprint density at radius 2 is 2.25 bits per heavy atom. The van der Waals surface area contributed by atoms with Gasteiger partial charge in [0.1, 0.15) is 0 Å². The van der Waals surface area contributed by atoms with Crippen molar-refractivity contribution in [1.29, 1.82) is 0 Å². The van der Waals surface area contributed by atoms with Gasteiger partial charge in [0.05, 0.1) is 0 Å². The van der Waals surface area contributed by atoms with E-state index in [1.807, 2.05) is 0 Å². The van der Waals surface area contributed by atoms with Gasteiger partial charge in [0.25, 0.3) is 6.00 Å². The number of halogens is 1. The molecule has 22 valence electrons. The molecule has 0 fully saturated rings. The molecule has 0 atom stereocenters. The Morgan fingerprint density at radius 3 is 2.25 bits per heavy atom. The minimum absolute atomic E-state index is 0.0833. The molecule has 0 aliphatic heterocycles. The molecular weight excluding hydrogens is 73.5 g/mol. The Balaban J connectivity index is 2.43. The van der Waals surface area contributed by atoms with Crippen LogP contribution in [0.1, 0.15) is 0 Å². The minimum Gasteiger partial charge on any atom is -0.299 e. The van der Waals surface area contributed by atoms with Crippen LogP contribution >= 0.6 is 11.6 Å². The van der Waals surface area contributed by atoms with E-state index in [1.54, 1.807) is 0 Å². The lowest BCUT2D eigenvalue weighted by Crippen LogP contribution is -1.38. The van der Waals surface area contributed by atoms with Gasteiger partial charge in [-0.05, 0) is 11.6 Å². The third kappa shape index (κ3) is 1.78. The van der Waals surface area contributed by atoms with E-state index in [4.69, 9.17) is 18.2 Å². The topological polar surface area (TPSA) is 4.36 Å². The predicted molar refractivity (Wildman–Crippen MR) is 17.3 cm³/mol.